The molecule has 6 heteroatoms. The molecule has 4 saturated carbocycles. The van der Waals surface area contributed by atoms with Crippen LogP contribution in [0.2, 0.25) is 0 Å². The molecular weight excluding hydrogens is 336 g/mol. The summed E-state index contributed by atoms with van der Waals surface area (Å²) in [6.45, 7) is 1.78. The van der Waals surface area contributed by atoms with E-state index in [1.807, 2.05) is 6.92 Å². The van der Waals surface area contributed by atoms with Gasteiger partial charge in [0.2, 0.25) is 0 Å². The molecule has 0 bridgehead atoms. The van der Waals surface area contributed by atoms with Crippen molar-refractivity contribution in [1.82, 2.24) is 0 Å². The second-order valence-electron chi connectivity index (χ2n) is 9.80. The van der Waals surface area contributed by atoms with Gasteiger partial charge in [0.25, 0.3) is 0 Å². The lowest BCUT2D eigenvalue weighted by Crippen LogP contribution is -2.69. The van der Waals surface area contributed by atoms with Gasteiger partial charge in [0.05, 0.1) is 29.8 Å². The highest BCUT2D eigenvalue weighted by Gasteiger charge is 2.71. The number of carboxylic acids is 1. The first kappa shape index (κ1) is 18.7. The van der Waals surface area contributed by atoms with E-state index in [1.165, 1.54) is 0 Å². The normalized spacial score (nSPS) is 56.3. The van der Waals surface area contributed by atoms with Crippen LogP contribution in [0.25, 0.3) is 0 Å². The Morgan fingerprint density at radius 1 is 1.00 bits per heavy atom. The standard InChI is InChI=1S/C20H32O6/c1-17-6-3-13-14(20(17,26)9-5-15(17)16(23)24)4-8-19(25)10-12(22)2-7-18(13,19)11-21/h12-15,21-22,25-26H,2-11H2,1H3,(H,23,24)/t12?,13?,14?,15-,17?,18?,19?,20?/m0/s1. The maximum atomic E-state index is 11.8. The van der Waals surface area contributed by atoms with Crippen molar-refractivity contribution < 1.29 is 30.3 Å². The van der Waals surface area contributed by atoms with Gasteiger partial charge in [-0.3, -0.25) is 4.79 Å². The van der Waals surface area contributed by atoms with Gasteiger partial charge in [-0.05, 0) is 63.2 Å². The van der Waals surface area contributed by atoms with Gasteiger partial charge in [-0.15, -0.1) is 0 Å². The highest BCUT2D eigenvalue weighted by atomic mass is 16.4. The molecule has 0 aromatic carbocycles. The van der Waals surface area contributed by atoms with Crippen LogP contribution in [0.3, 0.4) is 0 Å². The van der Waals surface area contributed by atoms with Crippen LogP contribution in [-0.4, -0.2) is 55.4 Å². The third kappa shape index (κ3) is 2.05. The molecule has 4 aliphatic carbocycles. The Kier molecular flexibility index (Phi) is 4.06. The summed E-state index contributed by atoms with van der Waals surface area (Å²) >= 11 is 0. The zero-order valence-electron chi connectivity index (χ0n) is 15.5. The highest BCUT2D eigenvalue weighted by Crippen LogP contribution is 2.69. The van der Waals surface area contributed by atoms with E-state index < -0.39 is 40.0 Å². The molecule has 0 spiro atoms. The van der Waals surface area contributed by atoms with E-state index in [0.29, 0.717) is 51.4 Å². The van der Waals surface area contributed by atoms with Crippen LogP contribution in [0.5, 0.6) is 0 Å². The predicted octanol–water partition coefficient (Wildman–Crippen LogP) is 1.29. The largest absolute Gasteiger partial charge is 0.481 e. The minimum Gasteiger partial charge on any atom is -0.481 e. The van der Waals surface area contributed by atoms with Crippen molar-refractivity contribution in [3.05, 3.63) is 0 Å². The molecule has 26 heavy (non-hydrogen) atoms. The van der Waals surface area contributed by atoms with E-state index >= 15 is 0 Å². The molecule has 0 aliphatic heterocycles. The Balaban J connectivity index is 1.74. The van der Waals surface area contributed by atoms with Crippen molar-refractivity contribution in [2.24, 2.45) is 28.6 Å². The van der Waals surface area contributed by atoms with Gasteiger partial charge in [-0.25, -0.2) is 0 Å². The summed E-state index contributed by atoms with van der Waals surface area (Å²) in [6.07, 6.45) is 4.19. The van der Waals surface area contributed by atoms with E-state index in [4.69, 9.17) is 0 Å². The number of carbonyl (C=O) groups is 1. The summed E-state index contributed by atoms with van der Waals surface area (Å²) < 4.78 is 0. The van der Waals surface area contributed by atoms with Crippen LogP contribution in [-0.2, 0) is 4.79 Å². The monoisotopic (exact) mass is 368 g/mol. The lowest BCUT2D eigenvalue weighted by molar-refractivity contribution is -0.270. The van der Waals surface area contributed by atoms with Gasteiger partial charge < -0.3 is 25.5 Å². The number of aliphatic hydroxyl groups excluding tert-OH is 2. The van der Waals surface area contributed by atoms with E-state index in [1.54, 1.807) is 0 Å². The lowest BCUT2D eigenvalue weighted by Gasteiger charge is -2.66. The molecule has 0 aromatic heterocycles. The molecule has 8 atom stereocenters. The Bertz CT molecular complexity index is 609. The fourth-order valence-corrected chi connectivity index (χ4v) is 7.73. The molecule has 4 aliphatic rings. The maximum Gasteiger partial charge on any atom is 0.307 e. The van der Waals surface area contributed by atoms with Crippen molar-refractivity contribution in [3.63, 3.8) is 0 Å². The minimum atomic E-state index is -1.10. The molecule has 0 heterocycles. The van der Waals surface area contributed by atoms with Crippen LogP contribution >= 0.6 is 0 Å². The average molecular weight is 368 g/mol. The fourth-order valence-electron chi connectivity index (χ4n) is 7.73. The van der Waals surface area contributed by atoms with E-state index in [-0.39, 0.29) is 24.9 Å². The SMILES string of the molecule is CC12CCC3C(CCC4(O)CC(O)CCC34CO)C1(O)CC[C@H]2C(=O)O. The van der Waals surface area contributed by atoms with Crippen molar-refractivity contribution in [2.45, 2.75) is 82.0 Å². The van der Waals surface area contributed by atoms with Gasteiger partial charge >= 0.3 is 5.97 Å². The van der Waals surface area contributed by atoms with Crippen LogP contribution in [0, 0.1) is 28.6 Å². The summed E-state index contributed by atoms with van der Waals surface area (Å²) in [5.74, 6) is -1.50. The second kappa shape index (κ2) is 5.66. The summed E-state index contributed by atoms with van der Waals surface area (Å²) in [7, 11) is 0. The average Bonchev–Trinajstić information content (AvgIpc) is 2.85. The van der Waals surface area contributed by atoms with Gasteiger partial charge in [0.15, 0.2) is 0 Å². The fraction of sp³-hybridized carbons (Fsp3) is 0.950. The van der Waals surface area contributed by atoms with Crippen molar-refractivity contribution in [2.75, 3.05) is 6.61 Å². The quantitative estimate of drug-likeness (QED) is 0.501. The van der Waals surface area contributed by atoms with Crippen molar-refractivity contribution >= 4 is 5.97 Å². The van der Waals surface area contributed by atoms with Crippen molar-refractivity contribution in [3.8, 4) is 0 Å². The van der Waals surface area contributed by atoms with Crippen LogP contribution in [0.4, 0.5) is 0 Å². The molecule has 5 N–H and O–H groups in total. The van der Waals surface area contributed by atoms with Gasteiger partial charge in [0.1, 0.15) is 0 Å². The predicted molar refractivity (Wildman–Crippen MR) is 93.2 cm³/mol. The molecule has 0 amide bonds. The van der Waals surface area contributed by atoms with Crippen LogP contribution in [0.15, 0.2) is 0 Å². The Morgan fingerprint density at radius 3 is 2.35 bits per heavy atom. The molecule has 4 rings (SSSR count). The third-order valence-corrected chi connectivity index (χ3v) is 9.23. The van der Waals surface area contributed by atoms with Crippen molar-refractivity contribution in [1.29, 1.82) is 0 Å². The number of aliphatic carboxylic acids is 1. The zero-order chi connectivity index (χ0) is 19.0. The van der Waals surface area contributed by atoms with E-state index in [0.717, 1.165) is 0 Å². The molecule has 0 aromatic rings. The van der Waals surface area contributed by atoms with E-state index in [9.17, 15) is 30.3 Å². The summed E-state index contributed by atoms with van der Waals surface area (Å²) in [5.41, 5.74) is -3.51. The lowest BCUT2D eigenvalue weighted by atomic mass is 9.41. The number of carboxylic acid groups (broad SMARTS) is 1. The Hall–Kier alpha value is -0.690. The van der Waals surface area contributed by atoms with Crippen LogP contribution in [0.1, 0.15) is 64.7 Å². The molecule has 4 fully saturated rings. The maximum absolute atomic E-state index is 11.8. The summed E-state index contributed by atoms with van der Waals surface area (Å²) in [4.78, 5) is 11.8. The van der Waals surface area contributed by atoms with Gasteiger partial charge in [-0.2, -0.15) is 0 Å². The zero-order valence-corrected chi connectivity index (χ0v) is 15.5. The van der Waals surface area contributed by atoms with E-state index in [2.05, 4.69) is 0 Å². The molecule has 148 valence electrons. The number of hydrogen-bond donors (Lipinski definition) is 5. The number of aliphatic hydroxyl groups is 4. The number of rotatable bonds is 2. The topological polar surface area (TPSA) is 118 Å². The summed E-state index contributed by atoms with van der Waals surface area (Å²) in [5, 5.41) is 53.3. The Labute approximate surface area is 154 Å². The smallest absolute Gasteiger partial charge is 0.307 e. The van der Waals surface area contributed by atoms with Crippen LogP contribution < -0.4 is 0 Å². The van der Waals surface area contributed by atoms with Gasteiger partial charge in [-0.1, -0.05) is 6.92 Å². The van der Waals surface area contributed by atoms with Gasteiger partial charge in [0, 0.05) is 17.3 Å². The summed E-state index contributed by atoms with van der Waals surface area (Å²) in [6, 6.07) is 0. The first-order valence-electron chi connectivity index (χ1n) is 10.1. The molecular formula is C20H32O6. The molecule has 6 nitrogen and oxygen atoms in total. The first-order chi connectivity index (χ1) is 12.1. The molecule has 0 radical (unpaired) electrons. The second-order valence-corrected chi connectivity index (χ2v) is 9.80. The number of hydrogen-bond acceptors (Lipinski definition) is 5. The third-order valence-electron chi connectivity index (χ3n) is 9.23. The Morgan fingerprint density at radius 2 is 1.69 bits per heavy atom. The molecule has 0 saturated heterocycles. The number of fused-ring (bicyclic) bond motifs is 5. The first-order valence-corrected chi connectivity index (χ1v) is 10.1. The molecule has 7 unspecified atom stereocenters. The highest BCUT2D eigenvalue weighted by molar-refractivity contribution is 5.72. The minimum absolute atomic E-state index is 0.0376.